The number of aromatic nitrogens is 4. The summed E-state index contributed by atoms with van der Waals surface area (Å²) in [5, 5.41) is 16.0. The van der Waals surface area contributed by atoms with Crippen LogP contribution in [0.2, 0.25) is 0 Å². The van der Waals surface area contributed by atoms with Gasteiger partial charge >= 0.3 is 6.03 Å². The fourth-order valence-electron chi connectivity index (χ4n) is 3.31. The van der Waals surface area contributed by atoms with E-state index in [-0.39, 0.29) is 12.1 Å². The van der Waals surface area contributed by atoms with E-state index < -0.39 is 10.0 Å². The molecule has 0 atom stereocenters. The Hall–Kier alpha value is -2.83. The first-order valence-electron chi connectivity index (χ1n) is 9.37. The number of rotatable bonds is 5. The summed E-state index contributed by atoms with van der Waals surface area (Å²) in [5.74, 6) is 0.602. The first-order valence-corrected chi connectivity index (χ1v) is 11.7. The summed E-state index contributed by atoms with van der Waals surface area (Å²) in [5.41, 5.74) is 1.43. The van der Waals surface area contributed by atoms with Gasteiger partial charge in [-0.15, -0.1) is 16.4 Å². The van der Waals surface area contributed by atoms with Crippen molar-refractivity contribution >= 4 is 33.1 Å². The number of benzene rings is 1. The molecule has 1 aliphatic rings. The predicted octanol–water partition coefficient (Wildman–Crippen LogP) is 1.91. The number of hydrogen-bond donors (Lipinski definition) is 2. The van der Waals surface area contributed by atoms with Crippen LogP contribution < -0.4 is 10.0 Å². The maximum Gasteiger partial charge on any atom is 0.321 e. The van der Waals surface area contributed by atoms with Crippen molar-refractivity contribution < 1.29 is 13.2 Å². The third-order valence-electron chi connectivity index (χ3n) is 4.86. The lowest BCUT2D eigenvalue weighted by atomic mass is 10.1. The molecule has 3 aromatic rings. The predicted molar refractivity (Wildman–Crippen MR) is 112 cm³/mol. The molecule has 4 rings (SSSR count). The Morgan fingerprint density at radius 1 is 1.20 bits per heavy atom. The number of nitrogens with one attached hydrogen (secondary N) is 2. The van der Waals surface area contributed by atoms with Gasteiger partial charge in [0.15, 0.2) is 5.82 Å². The second-order valence-corrected chi connectivity index (χ2v) is 9.84. The normalized spacial score (nSPS) is 15.3. The van der Waals surface area contributed by atoms with E-state index >= 15 is 0 Å². The molecule has 2 aromatic heterocycles. The summed E-state index contributed by atoms with van der Waals surface area (Å²) >= 11 is 1.19. The zero-order valence-corrected chi connectivity index (χ0v) is 17.9. The Bertz CT molecular complexity index is 1120. The van der Waals surface area contributed by atoms with Crippen LogP contribution in [0.25, 0.3) is 11.4 Å². The molecule has 0 spiro atoms. The van der Waals surface area contributed by atoms with E-state index in [1.807, 2.05) is 18.2 Å². The van der Waals surface area contributed by atoms with Crippen molar-refractivity contribution in [3.63, 3.8) is 0 Å². The largest absolute Gasteiger partial charge is 0.324 e. The fourth-order valence-corrected chi connectivity index (χ4v) is 5.62. The monoisotopic (exact) mass is 447 g/mol. The van der Waals surface area contributed by atoms with Crippen LogP contribution in [0.15, 0.2) is 46.0 Å². The van der Waals surface area contributed by atoms with Crippen LogP contribution in [0.4, 0.5) is 10.5 Å². The minimum atomic E-state index is -3.50. The van der Waals surface area contributed by atoms with Crippen molar-refractivity contribution in [1.82, 2.24) is 29.8 Å². The molecule has 1 fully saturated rings. The highest BCUT2D eigenvalue weighted by Gasteiger charge is 2.27. The van der Waals surface area contributed by atoms with E-state index in [1.165, 1.54) is 11.3 Å². The molecule has 0 unspecified atom stereocenters. The highest BCUT2D eigenvalue weighted by Crippen LogP contribution is 2.21. The third-order valence-corrected chi connectivity index (χ3v) is 7.77. The van der Waals surface area contributed by atoms with Crippen LogP contribution in [0.3, 0.4) is 0 Å². The van der Waals surface area contributed by atoms with E-state index in [0.717, 1.165) is 5.56 Å². The van der Waals surface area contributed by atoms with Crippen molar-refractivity contribution in [2.75, 3.05) is 18.4 Å². The van der Waals surface area contributed by atoms with Crippen LogP contribution in [-0.2, 0) is 17.1 Å². The number of hydrogen-bond acceptors (Lipinski definition) is 7. The van der Waals surface area contributed by atoms with Gasteiger partial charge in [-0.1, -0.05) is 18.2 Å². The number of piperidine rings is 1. The summed E-state index contributed by atoms with van der Waals surface area (Å²) in [6.07, 6.45) is 1.12. The molecule has 2 amide bonds. The smallest absolute Gasteiger partial charge is 0.321 e. The van der Waals surface area contributed by atoms with E-state index in [0.29, 0.717) is 41.7 Å². The fraction of sp³-hybridized carbons (Fsp3) is 0.333. The van der Waals surface area contributed by atoms with E-state index in [1.54, 1.807) is 40.2 Å². The average molecular weight is 448 g/mol. The van der Waals surface area contributed by atoms with E-state index in [4.69, 9.17) is 0 Å². The maximum atomic E-state index is 12.6. The summed E-state index contributed by atoms with van der Waals surface area (Å²) in [6.45, 7) is 0.937. The number of anilines is 1. The molecule has 3 heterocycles. The van der Waals surface area contributed by atoms with Crippen LogP contribution in [0, 0.1) is 0 Å². The Morgan fingerprint density at radius 2 is 2.00 bits per heavy atom. The van der Waals surface area contributed by atoms with Crippen LogP contribution in [-0.4, -0.2) is 58.7 Å². The van der Waals surface area contributed by atoms with E-state index in [9.17, 15) is 13.2 Å². The van der Waals surface area contributed by atoms with Gasteiger partial charge in [-0.3, -0.25) is 0 Å². The molecule has 30 heavy (non-hydrogen) atoms. The second-order valence-electron chi connectivity index (χ2n) is 6.95. The Labute approximate surface area is 178 Å². The summed E-state index contributed by atoms with van der Waals surface area (Å²) < 4.78 is 29.3. The zero-order chi connectivity index (χ0) is 21.1. The minimum Gasteiger partial charge on any atom is -0.324 e. The van der Waals surface area contributed by atoms with Crippen molar-refractivity contribution in [2.45, 2.75) is 23.1 Å². The third kappa shape index (κ3) is 4.50. The number of sulfonamides is 1. The van der Waals surface area contributed by atoms with Gasteiger partial charge < -0.3 is 10.2 Å². The Kier molecular flexibility index (Phi) is 5.79. The summed E-state index contributed by atoms with van der Waals surface area (Å²) in [6, 6.07) is 10.2. The number of urea groups is 1. The lowest BCUT2D eigenvalue weighted by Gasteiger charge is -2.32. The molecule has 158 valence electrons. The van der Waals surface area contributed by atoms with Gasteiger partial charge in [0.25, 0.3) is 0 Å². The number of aryl methyl sites for hydroxylation is 1. The molecule has 1 aromatic carbocycles. The van der Waals surface area contributed by atoms with Crippen LogP contribution >= 0.6 is 11.3 Å². The first-order chi connectivity index (χ1) is 14.4. The van der Waals surface area contributed by atoms with Crippen molar-refractivity contribution in [2.24, 2.45) is 7.05 Å². The number of nitrogens with zero attached hydrogens (tertiary/aromatic N) is 5. The molecule has 12 heteroatoms. The Morgan fingerprint density at radius 3 is 2.67 bits per heavy atom. The molecule has 0 radical (unpaired) electrons. The average Bonchev–Trinajstić information content (AvgIpc) is 3.41. The quantitative estimate of drug-likeness (QED) is 0.616. The van der Waals surface area contributed by atoms with Crippen molar-refractivity contribution in [3.8, 4) is 11.4 Å². The van der Waals surface area contributed by atoms with E-state index in [2.05, 4.69) is 25.6 Å². The number of likely N-dealkylation sites (tertiary alicyclic amines) is 1. The van der Waals surface area contributed by atoms with Gasteiger partial charge in [-0.25, -0.2) is 22.6 Å². The molecular formula is C18H21N7O3S2. The highest BCUT2D eigenvalue weighted by atomic mass is 32.2. The molecule has 0 bridgehead atoms. The number of carbonyl (C=O) groups excluding carboxylic acids is 1. The number of thiophene rings is 1. The molecule has 10 nitrogen and oxygen atoms in total. The zero-order valence-electron chi connectivity index (χ0n) is 16.2. The first kappa shape index (κ1) is 20.4. The number of carbonyl (C=O) groups is 1. The van der Waals surface area contributed by atoms with Gasteiger partial charge in [0.05, 0.1) is 0 Å². The molecule has 0 saturated carbocycles. The maximum absolute atomic E-state index is 12.6. The molecule has 1 saturated heterocycles. The second kappa shape index (κ2) is 8.50. The van der Waals surface area contributed by atoms with Crippen molar-refractivity contribution in [3.05, 3.63) is 41.8 Å². The van der Waals surface area contributed by atoms with Crippen LogP contribution in [0.1, 0.15) is 12.8 Å². The highest BCUT2D eigenvalue weighted by molar-refractivity contribution is 7.91. The van der Waals surface area contributed by atoms with Gasteiger partial charge in [0.1, 0.15) is 4.21 Å². The summed E-state index contributed by atoms with van der Waals surface area (Å²) in [7, 11) is -1.75. The van der Waals surface area contributed by atoms with Gasteiger partial charge in [0, 0.05) is 37.4 Å². The SMILES string of the molecule is Cn1nnnc1-c1cccc(NC(=O)N2CCC(NS(=O)(=O)c3cccs3)CC2)c1. The molecule has 0 aliphatic carbocycles. The van der Waals surface area contributed by atoms with Crippen molar-refractivity contribution in [1.29, 1.82) is 0 Å². The lowest BCUT2D eigenvalue weighted by Crippen LogP contribution is -2.47. The van der Waals surface area contributed by atoms with Gasteiger partial charge in [-0.05, 0) is 46.8 Å². The topological polar surface area (TPSA) is 122 Å². The number of tetrazole rings is 1. The Balaban J connectivity index is 1.33. The molecule has 1 aliphatic heterocycles. The number of amides is 2. The lowest BCUT2D eigenvalue weighted by molar-refractivity contribution is 0.193. The minimum absolute atomic E-state index is 0.187. The standard InChI is InChI=1S/C18H21N7O3S2/c1-24-17(20-22-23-24)13-4-2-5-15(12-13)19-18(26)25-9-7-14(8-10-25)21-30(27,28)16-6-3-11-29-16/h2-6,11-12,14,21H,7-10H2,1H3,(H,19,26). The van der Waals surface area contributed by atoms with Gasteiger partial charge in [0.2, 0.25) is 10.0 Å². The molecular weight excluding hydrogens is 426 g/mol. The summed E-state index contributed by atoms with van der Waals surface area (Å²) in [4.78, 5) is 14.3. The van der Waals surface area contributed by atoms with Crippen LogP contribution in [0.5, 0.6) is 0 Å². The molecule has 2 N–H and O–H groups in total. The van der Waals surface area contributed by atoms with Gasteiger partial charge in [-0.2, -0.15) is 0 Å².